The standard InChI is InChI=1S/C28H31Cl2N3O/c1-32(19-21-12-13-25(29)18-26(21)30)16-17-33-15-14-24(20-33)28(27(31)34,22-8-4-2-5-9-22)23-10-6-3-7-11-23/h2-13,18,24H,14-17,19-20H2,1H3,(H2,31,34). The molecule has 178 valence electrons. The normalized spacial score (nSPS) is 16.8. The highest BCUT2D eigenvalue weighted by Crippen LogP contribution is 2.43. The number of likely N-dealkylation sites (tertiary alicyclic amines) is 1. The monoisotopic (exact) mass is 495 g/mol. The Kier molecular flexibility index (Phi) is 7.95. The molecule has 6 heteroatoms. The highest BCUT2D eigenvalue weighted by molar-refractivity contribution is 6.35. The molecule has 0 bridgehead atoms. The number of hydrogen-bond donors (Lipinski definition) is 1. The maximum absolute atomic E-state index is 13.2. The van der Waals surface area contributed by atoms with Crippen molar-refractivity contribution in [1.82, 2.24) is 9.80 Å². The van der Waals surface area contributed by atoms with Gasteiger partial charge in [0.15, 0.2) is 0 Å². The fourth-order valence-corrected chi connectivity index (χ4v) is 5.72. The number of likely N-dealkylation sites (N-methyl/N-ethyl adjacent to an activating group) is 1. The fourth-order valence-electron chi connectivity index (χ4n) is 5.25. The lowest BCUT2D eigenvalue weighted by atomic mass is 9.64. The van der Waals surface area contributed by atoms with E-state index in [-0.39, 0.29) is 11.8 Å². The van der Waals surface area contributed by atoms with E-state index in [0.29, 0.717) is 10.0 Å². The van der Waals surface area contributed by atoms with Crippen molar-refractivity contribution in [2.75, 3.05) is 33.2 Å². The van der Waals surface area contributed by atoms with Crippen LogP contribution < -0.4 is 5.73 Å². The lowest BCUT2D eigenvalue weighted by Crippen LogP contribution is -2.49. The summed E-state index contributed by atoms with van der Waals surface area (Å²) in [6.45, 7) is 4.33. The Morgan fingerprint density at radius 2 is 1.65 bits per heavy atom. The van der Waals surface area contributed by atoms with Gasteiger partial charge in [-0.15, -0.1) is 0 Å². The molecule has 1 heterocycles. The van der Waals surface area contributed by atoms with E-state index in [1.165, 1.54) is 0 Å². The van der Waals surface area contributed by atoms with E-state index >= 15 is 0 Å². The largest absolute Gasteiger partial charge is 0.369 e. The van der Waals surface area contributed by atoms with Crippen LogP contribution in [0.2, 0.25) is 10.0 Å². The van der Waals surface area contributed by atoms with Crippen molar-refractivity contribution < 1.29 is 4.79 Å². The van der Waals surface area contributed by atoms with Crippen LogP contribution in [0.15, 0.2) is 78.9 Å². The van der Waals surface area contributed by atoms with Gasteiger partial charge in [0.25, 0.3) is 0 Å². The Hall–Kier alpha value is -2.37. The molecule has 1 fully saturated rings. The summed E-state index contributed by atoms with van der Waals surface area (Å²) in [5.41, 5.74) is 8.36. The molecule has 0 aromatic heterocycles. The molecule has 34 heavy (non-hydrogen) atoms. The number of carbonyl (C=O) groups is 1. The minimum absolute atomic E-state index is 0.103. The summed E-state index contributed by atoms with van der Waals surface area (Å²) < 4.78 is 0. The quantitative estimate of drug-likeness (QED) is 0.442. The van der Waals surface area contributed by atoms with Crippen molar-refractivity contribution in [3.63, 3.8) is 0 Å². The van der Waals surface area contributed by atoms with Crippen LogP contribution in [0.4, 0.5) is 0 Å². The van der Waals surface area contributed by atoms with Crippen LogP contribution in [0.1, 0.15) is 23.1 Å². The van der Waals surface area contributed by atoms with E-state index in [1.54, 1.807) is 6.07 Å². The lowest BCUT2D eigenvalue weighted by molar-refractivity contribution is -0.123. The van der Waals surface area contributed by atoms with E-state index in [9.17, 15) is 4.79 Å². The van der Waals surface area contributed by atoms with E-state index < -0.39 is 5.41 Å². The Morgan fingerprint density at radius 1 is 1.03 bits per heavy atom. The number of amides is 1. The summed E-state index contributed by atoms with van der Waals surface area (Å²) >= 11 is 12.4. The Bertz CT molecular complexity index is 1070. The smallest absolute Gasteiger partial charge is 0.232 e. The molecule has 0 spiro atoms. The topological polar surface area (TPSA) is 49.6 Å². The van der Waals surface area contributed by atoms with Gasteiger partial charge in [-0.25, -0.2) is 0 Å². The van der Waals surface area contributed by atoms with Crippen LogP contribution in [0.25, 0.3) is 0 Å². The van der Waals surface area contributed by atoms with Crippen LogP contribution in [-0.4, -0.2) is 48.9 Å². The maximum atomic E-state index is 13.2. The molecule has 0 aliphatic carbocycles. The van der Waals surface area contributed by atoms with E-state index in [0.717, 1.165) is 55.8 Å². The van der Waals surface area contributed by atoms with Crippen LogP contribution >= 0.6 is 23.2 Å². The highest BCUT2D eigenvalue weighted by Gasteiger charge is 2.49. The summed E-state index contributed by atoms with van der Waals surface area (Å²) in [4.78, 5) is 17.9. The number of rotatable bonds is 9. The van der Waals surface area contributed by atoms with Crippen LogP contribution in [0.5, 0.6) is 0 Å². The van der Waals surface area contributed by atoms with Gasteiger partial charge in [0.2, 0.25) is 5.91 Å². The third-order valence-electron chi connectivity index (χ3n) is 6.98. The second-order valence-corrected chi connectivity index (χ2v) is 10.0. The first-order valence-corrected chi connectivity index (χ1v) is 12.4. The Labute approximate surface area is 212 Å². The minimum Gasteiger partial charge on any atom is -0.369 e. The highest BCUT2D eigenvalue weighted by atomic mass is 35.5. The number of nitrogens with zero attached hydrogens (tertiary/aromatic N) is 2. The van der Waals surface area contributed by atoms with E-state index in [2.05, 4.69) is 16.8 Å². The van der Waals surface area contributed by atoms with Gasteiger partial charge in [0, 0.05) is 36.2 Å². The number of hydrogen-bond acceptors (Lipinski definition) is 3. The number of primary amides is 1. The average Bonchev–Trinajstić information content (AvgIpc) is 3.30. The van der Waals surface area contributed by atoms with Crippen LogP contribution in [0.3, 0.4) is 0 Å². The van der Waals surface area contributed by atoms with Crippen LogP contribution in [0, 0.1) is 5.92 Å². The molecular weight excluding hydrogens is 465 g/mol. The molecule has 1 amide bonds. The van der Waals surface area contributed by atoms with Crippen molar-refractivity contribution in [3.05, 3.63) is 106 Å². The van der Waals surface area contributed by atoms with Crippen molar-refractivity contribution >= 4 is 29.1 Å². The molecule has 4 rings (SSSR count). The summed E-state index contributed by atoms with van der Waals surface area (Å²) in [7, 11) is 2.10. The molecule has 0 radical (unpaired) electrons. The van der Waals surface area contributed by atoms with Gasteiger partial charge in [-0.05, 0) is 54.8 Å². The zero-order valence-corrected chi connectivity index (χ0v) is 21.0. The third-order valence-corrected chi connectivity index (χ3v) is 7.57. The van der Waals surface area contributed by atoms with Gasteiger partial charge in [-0.2, -0.15) is 0 Å². The summed E-state index contributed by atoms with van der Waals surface area (Å²) in [5, 5.41) is 1.34. The molecule has 1 aliphatic rings. The molecule has 0 saturated carbocycles. The third kappa shape index (κ3) is 5.16. The zero-order chi connectivity index (χ0) is 24.1. The summed E-state index contributed by atoms with van der Waals surface area (Å²) in [5.74, 6) is -0.183. The van der Waals surface area contributed by atoms with Gasteiger partial charge >= 0.3 is 0 Å². The molecule has 1 saturated heterocycles. The van der Waals surface area contributed by atoms with Gasteiger partial charge in [-0.3, -0.25) is 4.79 Å². The zero-order valence-electron chi connectivity index (χ0n) is 19.5. The Balaban J connectivity index is 1.49. The molecule has 3 aromatic rings. The predicted octanol–water partition coefficient (Wildman–Crippen LogP) is 5.22. The molecule has 1 aliphatic heterocycles. The van der Waals surface area contributed by atoms with Crippen molar-refractivity contribution in [2.45, 2.75) is 18.4 Å². The SMILES string of the molecule is CN(CCN1CCC(C(C(N)=O)(c2ccccc2)c2ccccc2)C1)Cc1ccc(Cl)cc1Cl. The van der Waals surface area contributed by atoms with E-state index in [1.807, 2.05) is 72.8 Å². The lowest BCUT2D eigenvalue weighted by Gasteiger charge is -2.37. The molecule has 3 aromatic carbocycles. The van der Waals surface area contributed by atoms with Crippen LogP contribution in [-0.2, 0) is 16.8 Å². The van der Waals surface area contributed by atoms with E-state index in [4.69, 9.17) is 28.9 Å². The second kappa shape index (κ2) is 10.9. The first-order valence-electron chi connectivity index (χ1n) is 11.7. The number of benzene rings is 3. The van der Waals surface area contributed by atoms with Gasteiger partial charge in [-0.1, -0.05) is 89.9 Å². The maximum Gasteiger partial charge on any atom is 0.232 e. The summed E-state index contributed by atoms with van der Waals surface area (Å²) in [6, 6.07) is 25.7. The minimum atomic E-state index is -0.847. The van der Waals surface area contributed by atoms with Gasteiger partial charge in [0.05, 0.1) is 0 Å². The van der Waals surface area contributed by atoms with Crippen molar-refractivity contribution in [1.29, 1.82) is 0 Å². The predicted molar refractivity (Wildman–Crippen MR) is 140 cm³/mol. The average molecular weight is 496 g/mol. The number of halogens is 2. The second-order valence-electron chi connectivity index (χ2n) is 9.16. The fraction of sp³-hybridized carbons (Fsp3) is 0.321. The first kappa shape index (κ1) is 24.7. The first-order chi connectivity index (χ1) is 16.4. The molecule has 2 N–H and O–H groups in total. The van der Waals surface area contributed by atoms with Crippen molar-refractivity contribution in [3.8, 4) is 0 Å². The number of carbonyl (C=O) groups excluding carboxylic acids is 1. The molecule has 1 atom stereocenters. The molecular formula is C28H31Cl2N3O. The Morgan fingerprint density at radius 3 is 2.21 bits per heavy atom. The van der Waals surface area contributed by atoms with Gasteiger partial charge in [0.1, 0.15) is 5.41 Å². The van der Waals surface area contributed by atoms with Crippen molar-refractivity contribution in [2.24, 2.45) is 11.7 Å². The molecule has 4 nitrogen and oxygen atoms in total. The summed E-state index contributed by atoms with van der Waals surface area (Å²) in [6.07, 6.45) is 0.916. The number of nitrogens with two attached hydrogens (primary N) is 1. The molecule has 1 unspecified atom stereocenters. The van der Waals surface area contributed by atoms with Gasteiger partial charge < -0.3 is 15.5 Å².